The van der Waals surface area contributed by atoms with Gasteiger partial charge in [-0.1, -0.05) is 67.1 Å². The van der Waals surface area contributed by atoms with Crippen LogP contribution in [0.5, 0.6) is 0 Å². The molecule has 0 fully saturated rings. The summed E-state index contributed by atoms with van der Waals surface area (Å²) in [7, 11) is 1.59. The molecule has 5 heteroatoms. The highest BCUT2D eigenvalue weighted by Crippen LogP contribution is 2.19. The number of amides is 2. The van der Waals surface area contributed by atoms with Crippen LogP contribution in [0.4, 0.5) is 0 Å². The van der Waals surface area contributed by atoms with Crippen LogP contribution in [0.3, 0.4) is 0 Å². The van der Waals surface area contributed by atoms with E-state index in [-0.39, 0.29) is 18.2 Å². The van der Waals surface area contributed by atoms with Crippen LogP contribution in [-0.2, 0) is 22.6 Å². The van der Waals surface area contributed by atoms with Crippen molar-refractivity contribution in [2.45, 2.75) is 32.4 Å². The Bertz CT molecular complexity index is 719. The zero-order valence-electron chi connectivity index (χ0n) is 14.5. The molecule has 2 rings (SSSR count). The van der Waals surface area contributed by atoms with E-state index in [1.54, 1.807) is 18.0 Å². The van der Waals surface area contributed by atoms with Crippen LogP contribution in [0.2, 0.25) is 5.02 Å². The largest absolute Gasteiger partial charge is 0.357 e. The van der Waals surface area contributed by atoms with Gasteiger partial charge in [0.15, 0.2) is 0 Å². The van der Waals surface area contributed by atoms with Crippen LogP contribution < -0.4 is 5.32 Å². The van der Waals surface area contributed by atoms with Crippen LogP contribution in [-0.4, -0.2) is 29.8 Å². The zero-order valence-corrected chi connectivity index (χ0v) is 15.3. The van der Waals surface area contributed by atoms with E-state index < -0.39 is 6.04 Å². The highest BCUT2D eigenvalue weighted by atomic mass is 35.5. The molecule has 0 aliphatic carbocycles. The molecule has 0 aliphatic heterocycles. The summed E-state index contributed by atoms with van der Waals surface area (Å²) in [6, 6.07) is 16.4. The number of hydrogen-bond donors (Lipinski definition) is 1. The predicted octanol–water partition coefficient (Wildman–Crippen LogP) is 3.44. The van der Waals surface area contributed by atoms with Gasteiger partial charge in [-0.3, -0.25) is 9.59 Å². The van der Waals surface area contributed by atoms with Gasteiger partial charge >= 0.3 is 0 Å². The highest BCUT2D eigenvalue weighted by molar-refractivity contribution is 6.31. The topological polar surface area (TPSA) is 49.4 Å². The number of nitrogens with zero attached hydrogens (tertiary/aromatic N) is 1. The second-order valence-electron chi connectivity index (χ2n) is 5.81. The molecule has 0 aliphatic rings. The van der Waals surface area contributed by atoms with Crippen molar-refractivity contribution in [3.63, 3.8) is 0 Å². The third-order valence-electron chi connectivity index (χ3n) is 4.13. The summed E-state index contributed by atoms with van der Waals surface area (Å²) in [6.07, 6.45) is 0.709. The number of carbonyl (C=O) groups excluding carboxylic acids is 2. The van der Waals surface area contributed by atoms with Gasteiger partial charge in [-0.25, -0.2) is 0 Å². The maximum atomic E-state index is 13.0. The Balaban J connectivity index is 2.27. The molecule has 0 spiro atoms. The van der Waals surface area contributed by atoms with Crippen LogP contribution in [0.25, 0.3) is 0 Å². The van der Waals surface area contributed by atoms with Crippen molar-refractivity contribution in [3.8, 4) is 0 Å². The van der Waals surface area contributed by atoms with E-state index in [4.69, 9.17) is 11.6 Å². The number of halogens is 1. The summed E-state index contributed by atoms with van der Waals surface area (Å²) >= 11 is 6.19. The molecule has 4 nitrogen and oxygen atoms in total. The quantitative estimate of drug-likeness (QED) is 0.824. The zero-order chi connectivity index (χ0) is 18.2. The molecule has 0 radical (unpaired) electrons. The third kappa shape index (κ3) is 5.07. The lowest BCUT2D eigenvalue weighted by Gasteiger charge is -2.30. The Hall–Kier alpha value is -2.33. The van der Waals surface area contributed by atoms with Gasteiger partial charge < -0.3 is 10.2 Å². The van der Waals surface area contributed by atoms with Gasteiger partial charge in [-0.05, 0) is 23.6 Å². The Kier molecular flexibility index (Phi) is 7.02. The van der Waals surface area contributed by atoms with Crippen LogP contribution in [0, 0.1) is 0 Å². The van der Waals surface area contributed by atoms with E-state index in [0.29, 0.717) is 18.0 Å². The van der Waals surface area contributed by atoms with Gasteiger partial charge in [-0.2, -0.15) is 0 Å². The average molecular weight is 359 g/mol. The molecular formula is C20H23ClN2O2. The summed E-state index contributed by atoms with van der Waals surface area (Å²) in [5, 5.41) is 3.21. The third-order valence-corrected chi connectivity index (χ3v) is 4.50. The first-order valence-electron chi connectivity index (χ1n) is 8.35. The van der Waals surface area contributed by atoms with Crippen molar-refractivity contribution in [1.29, 1.82) is 0 Å². The molecule has 132 valence electrons. The highest BCUT2D eigenvalue weighted by Gasteiger charge is 2.28. The van der Waals surface area contributed by atoms with Gasteiger partial charge in [0, 0.05) is 18.6 Å². The molecule has 0 aromatic heterocycles. The maximum Gasteiger partial charge on any atom is 0.242 e. The molecule has 25 heavy (non-hydrogen) atoms. The molecule has 0 saturated carbocycles. The number of benzene rings is 2. The smallest absolute Gasteiger partial charge is 0.242 e. The minimum Gasteiger partial charge on any atom is -0.357 e. The Morgan fingerprint density at radius 2 is 1.72 bits per heavy atom. The van der Waals surface area contributed by atoms with Gasteiger partial charge in [-0.15, -0.1) is 0 Å². The van der Waals surface area contributed by atoms with Crippen LogP contribution in [0.1, 0.15) is 24.5 Å². The molecule has 2 aromatic rings. The van der Waals surface area contributed by atoms with E-state index >= 15 is 0 Å². The predicted molar refractivity (Wildman–Crippen MR) is 100 cm³/mol. The minimum atomic E-state index is -0.514. The van der Waals surface area contributed by atoms with Crippen molar-refractivity contribution in [2.75, 3.05) is 7.05 Å². The van der Waals surface area contributed by atoms with Crippen LogP contribution in [0.15, 0.2) is 54.6 Å². The molecule has 2 amide bonds. The number of likely N-dealkylation sites (N-methyl/N-ethyl adjacent to an activating group) is 1. The number of carbonyl (C=O) groups is 2. The summed E-state index contributed by atoms with van der Waals surface area (Å²) in [5.74, 6) is -0.279. The van der Waals surface area contributed by atoms with E-state index in [0.717, 1.165) is 11.1 Å². The van der Waals surface area contributed by atoms with Crippen molar-refractivity contribution in [2.24, 2.45) is 0 Å². The molecule has 2 aromatic carbocycles. The number of hydrogen-bond acceptors (Lipinski definition) is 2. The summed E-state index contributed by atoms with van der Waals surface area (Å²) < 4.78 is 0. The first kappa shape index (κ1) is 19.0. The van der Waals surface area contributed by atoms with E-state index in [1.165, 1.54) is 0 Å². The van der Waals surface area contributed by atoms with Gasteiger partial charge in [0.05, 0.1) is 6.42 Å². The van der Waals surface area contributed by atoms with Gasteiger partial charge in [0.1, 0.15) is 6.04 Å². The van der Waals surface area contributed by atoms with E-state index in [1.807, 2.05) is 55.5 Å². The molecule has 0 saturated heterocycles. The van der Waals surface area contributed by atoms with Gasteiger partial charge in [0.2, 0.25) is 11.8 Å². The normalized spacial score (nSPS) is 11.6. The molecular weight excluding hydrogens is 336 g/mol. The lowest BCUT2D eigenvalue weighted by atomic mass is 10.1. The molecule has 1 N–H and O–H groups in total. The SMILES string of the molecule is CCC(C(=O)NC)N(Cc1ccccc1)C(=O)Cc1ccccc1Cl. The molecule has 0 bridgehead atoms. The molecule has 0 heterocycles. The summed E-state index contributed by atoms with van der Waals surface area (Å²) in [6.45, 7) is 2.29. The van der Waals surface area contributed by atoms with Crippen molar-refractivity contribution in [3.05, 3.63) is 70.7 Å². The van der Waals surface area contributed by atoms with Crippen molar-refractivity contribution < 1.29 is 9.59 Å². The number of nitrogens with one attached hydrogen (secondary N) is 1. The summed E-state index contributed by atoms with van der Waals surface area (Å²) in [5.41, 5.74) is 1.75. The van der Waals surface area contributed by atoms with Crippen LogP contribution >= 0.6 is 11.6 Å². The fourth-order valence-electron chi connectivity index (χ4n) is 2.77. The first-order chi connectivity index (χ1) is 12.1. The molecule has 1 unspecified atom stereocenters. The van der Waals surface area contributed by atoms with Gasteiger partial charge in [0.25, 0.3) is 0 Å². The monoisotopic (exact) mass is 358 g/mol. The lowest BCUT2D eigenvalue weighted by Crippen LogP contribution is -2.48. The number of rotatable bonds is 7. The standard InChI is InChI=1S/C20H23ClN2O2/c1-3-18(20(25)22-2)23(14-15-9-5-4-6-10-15)19(24)13-16-11-7-8-12-17(16)21/h4-12,18H,3,13-14H2,1-2H3,(H,22,25). The summed E-state index contributed by atoms with van der Waals surface area (Å²) in [4.78, 5) is 26.9. The minimum absolute atomic E-state index is 0.118. The van der Waals surface area contributed by atoms with Crippen molar-refractivity contribution >= 4 is 23.4 Å². The second-order valence-corrected chi connectivity index (χ2v) is 6.22. The Morgan fingerprint density at radius 3 is 2.32 bits per heavy atom. The Morgan fingerprint density at radius 1 is 1.08 bits per heavy atom. The van der Waals surface area contributed by atoms with Crippen molar-refractivity contribution in [1.82, 2.24) is 10.2 Å². The lowest BCUT2D eigenvalue weighted by molar-refractivity contribution is -0.140. The average Bonchev–Trinajstić information content (AvgIpc) is 2.64. The fourth-order valence-corrected chi connectivity index (χ4v) is 2.98. The van der Waals surface area contributed by atoms with E-state index in [9.17, 15) is 9.59 Å². The maximum absolute atomic E-state index is 13.0. The fraction of sp³-hybridized carbons (Fsp3) is 0.300. The second kappa shape index (κ2) is 9.23. The Labute approximate surface area is 153 Å². The molecule has 1 atom stereocenters. The van der Waals surface area contributed by atoms with E-state index in [2.05, 4.69) is 5.32 Å². The first-order valence-corrected chi connectivity index (χ1v) is 8.73.